The molecule has 9 heteroatoms. The van der Waals surface area contributed by atoms with Crippen molar-refractivity contribution < 1.29 is 19.1 Å². The van der Waals surface area contributed by atoms with Crippen molar-refractivity contribution in [3.8, 4) is 0 Å². The van der Waals surface area contributed by atoms with Crippen LogP contribution in [-0.2, 0) is 33.6 Å². The van der Waals surface area contributed by atoms with Gasteiger partial charge in [-0.05, 0) is 84.5 Å². The van der Waals surface area contributed by atoms with Gasteiger partial charge in [0.05, 0.1) is 18.6 Å². The highest BCUT2D eigenvalue weighted by Gasteiger charge is 2.35. The molecular formula is C37H39ClN2O4S2. The fraction of sp³-hybridized carbons (Fsp3) is 0.324. The largest absolute Gasteiger partial charge is 0.462 e. The molecule has 1 aliphatic rings. The number of halogens is 1. The number of carbonyl (C=O) groups is 3. The first-order valence-electron chi connectivity index (χ1n) is 15.5. The fourth-order valence-electron chi connectivity index (χ4n) is 5.69. The van der Waals surface area contributed by atoms with E-state index in [1.165, 1.54) is 23.1 Å². The standard InChI is InChI=1S/C37H39ClN2O4S2/c1-5-44-36(43)32-29-19-16-25(37(2,3)4)21-30(29)46-35(32)40-34(42)33(24-10-7-6-8-11-24)45-28-13-9-12-27(22-28)39-31(41)20-23-14-17-26(38)18-15-23/h6-15,17-18,22,25,33H,5,16,19-21H2,1-4H3,(H,39,41)(H,40,42). The van der Waals surface area contributed by atoms with Crippen molar-refractivity contribution in [3.63, 3.8) is 0 Å². The highest BCUT2D eigenvalue weighted by molar-refractivity contribution is 8.00. The molecule has 2 unspecified atom stereocenters. The van der Waals surface area contributed by atoms with Gasteiger partial charge in [0.2, 0.25) is 11.8 Å². The van der Waals surface area contributed by atoms with E-state index in [2.05, 4.69) is 31.4 Å². The molecule has 240 valence electrons. The minimum Gasteiger partial charge on any atom is -0.462 e. The number of amides is 2. The molecule has 1 aliphatic carbocycles. The molecule has 0 bridgehead atoms. The van der Waals surface area contributed by atoms with E-state index in [1.54, 1.807) is 19.1 Å². The lowest BCUT2D eigenvalue weighted by molar-refractivity contribution is -0.116. The molecule has 0 saturated carbocycles. The Balaban J connectivity index is 1.38. The summed E-state index contributed by atoms with van der Waals surface area (Å²) < 4.78 is 5.47. The first kappa shape index (κ1) is 33.8. The third kappa shape index (κ3) is 8.41. The molecule has 46 heavy (non-hydrogen) atoms. The lowest BCUT2D eigenvalue weighted by atomic mass is 9.72. The predicted octanol–water partition coefficient (Wildman–Crippen LogP) is 9.38. The monoisotopic (exact) mass is 674 g/mol. The summed E-state index contributed by atoms with van der Waals surface area (Å²) in [5.74, 6) is -0.284. The van der Waals surface area contributed by atoms with E-state index < -0.39 is 11.2 Å². The zero-order chi connectivity index (χ0) is 32.8. The Hall–Kier alpha value is -3.59. The van der Waals surface area contributed by atoms with Gasteiger partial charge in [-0.2, -0.15) is 0 Å². The molecule has 0 saturated heterocycles. The van der Waals surface area contributed by atoms with E-state index in [-0.39, 0.29) is 30.3 Å². The Morgan fingerprint density at radius 2 is 1.74 bits per heavy atom. The summed E-state index contributed by atoms with van der Waals surface area (Å²) in [6, 6.07) is 24.2. The van der Waals surface area contributed by atoms with Crippen LogP contribution in [0, 0.1) is 11.3 Å². The summed E-state index contributed by atoms with van der Waals surface area (Å²) in [5.41, 5.74) is 3.97. The number of esters is 1. The van der Waals surface area contributed by atoms with Gasteiger partial charge in [-0.3, -0.25) is 9.59 Å². The number of hydrogen-bond acceptors (Lipinski definition) is 6. The number of thioether (sulfide) groups is 1. The molecule has 0 radical (unpaired) electrons. The molecule has 1 heterocycles. The smallest absolute Gasteiger partial charge is 0.341 e. The summed E-state index contributed by atoms with van der Waals surface area (Å²) in [7, 11) is 0. The average Bonchev–Trinajstić information content (AvgIpc) is 3.38. The minimum absolute atomic E-state index is 0.147. The van der Waals surface area contributed by atoms with Crippen molar-refractivity contribution in [1.29, 1.82) is 0 Å². The van der Waals surface area contributed by atoms with Crippen LogP contribution in [0.4, 0.5) is 10.7 Å². The maximum atomic E-state index is 14.1. The van der Waals surface area contributed by atoms with E-state index in [0.717, 1.165) is 45.7 Å². The Labute approximate surface area is 284 Å². The van der Waals surface area contributed by atoms with E-state index >= 15 is 0 Å². The lowest BCUT2D eigenvalue weighted by Gasteiger charge is -2.33. The molecule has 3 aromatic carbocycles. The molecule has 2 amide bonds. The lowest BCUT2D eigenvalue weighted by Crippen LogP contribution is -2.26. The number of benzene rings is 3. The normalized spacial score (nSPS) is 15.0. The van der Waals surface area contributed by atoms with Crippen LogP contribution in [0.2, 0.25) is 5.02 Å². The number of hydrogen-bond donors (Lipinski definition) is 2. The maximum Gasteiger partial charge on any atom is 0.341 e. The second-order valence-corrected chi connectivity index (χ2v) is 15.2. The number of thiophene rings is 1. The van der Waals surface area contributed by atoms with E-state index in [0.29, 0.717) is 27.2 Å². The highest BCUT2D eigenvalue weighted by Crippen LogP contribution is 2.45. The fourth-order valence-corrected chi connectivity index (χ4v) is 8.21. The molecule has 5 rings (SSSR count). The third-order valence-corrected chi connectivity index (χ3v) is 10.9. The first-order valence-corrected chi connectivity index (χ1v) is 17.6. The maximum absolute atomic E-state index is 14.1. The van der Waals surface area contributed by atoms with Crippen molar-refractivity contribution >= 4 is 63.2 Å². The van der Waals surface area contributed by atoms with Crippen molar-refractivity contribution in [2.75, 3.05) is 17.2 Å². The molecule has 0 fully saturated rings. The second-order valence-electron chi connectivity index (χ2n) is 12.5. The number of ether oxygens (including phenoxy) is 1. The van der Waals surface area contributed by atoms with Gasteiger partial charge in [-0.15, -0.1) is 23.1 Å². The van der Waals surface area contributed by atoms with Crippen molar-refractivity contribution in [2.24, 2.45) is 11.3 Å². The molecule has 2 atom stereocenters. The minimum atomic E-state index is -0.613. The summed E-state index contributed by atoms with van der Waals surface area (Å²) in [4.78, 5) is 42.1. The van der Waals surface area contributed by atoms with Crippen LogP contribution in [0.25, 0.3) is 0 Å². The number of nitrogens with one attached hydrogen (secondary N) is 2. The van der Waals surface area contributed by atoms with Gasteiger partial charge >= 0.3 is 5.97 Å². The molecule has 0 aliphatic heterocycles. The van der Waals surface area contributed by atoms with Crippen LogP contribution in [0.5, 0.6) is 0 Å². The summed E-state index contributed by atoms with van der Waals surface area (Å²) in [6.45, 7) is 8.82. The number of rotatable bonds is 10. The molecule has 1 aromatic heterocycles. The number of carbonyl (C=O) groups excluding carboxylic acids is 3. The van der Waals surface area contributed by atoms with E-state index in [1.807, 2.05) is 66.7 Å². The SMILES string of the molecule is CCOC(=O)c1c(NC(=O)C(Sc2cccc(NC(=O)Cc3ccc(Cl)cc3)c2)c2ccccc2)sc2c1CCC(C(C)(C)C)C2. The van der Waals surface area contributed by atoms with Crippen LogP contribution >= 0.6 is 34.7 Å². The van der Waals surface area contributed by atoms with Gasteiger partial charge in [0.15, 0.2) is 0 Å². The number of fused-ring (bicyclic) bond motifs is 1. The first-order chi connectivity index (χ1) is 22.0. The molecule has 2 N–H and O–H groups in total. The van der Waals surface area contributed by atoms with Gasteiger partial charge < -0.3 is 15.4 Å². The van der Waals surface area contributed by atoms with Crippen LogP contribution in [0.15, 0.2) is 83.8 Å². The Kier molecular flexibility index (Phi) is 10.9. The van der Waals surface area contributed by atoms with Crippen LogP contribution in [-0.4, -0.2) is 24.4 Å². The Bertz CT molecular complexity index is 1700. The van der Waals surface area contributed by atoms with Crippen molar-refractivity contribution in [2.45, 2.75) is 63.5 Å². The summed E-state index contributed by atoms with van der Waals surface area (Å²) >= 11 is 8.86. The van der Waals surface area contributed by atoms with E-state index in [4.69, 9.17) is 16.3 Å². The topological polar surface area (TPSA) is 84.5 Å². The van der Waals surface area contributed by atoms with Gasteiger partial charge in [-0.25, -0.2) is 4.79 Å². The number of anilines is 2. The van der Waals surface area contributed by atoms with Crippen LogP contribution in [0.1, 0.15) is 71.3 Å². The predicted molar refractivity (Wildman–Crippen MR) is 189 cm³/mol. The van der Waals surface area contributed by atoms with Gasteiger partial charge in [-0.1, -0.05) is 80.9 Å². The van der Waals surface area contributed by atoms with Crippen LogP contribution in [0.3, 0.4) is 0 Å². The molecule has 0 spiro atoms. The van der Waals surface area contributed by atoms with Gasteiger partial charge in [0.1, 0.15) is 10.3 Å². The molecular weight excluding hydrogens is 636 g/mol. The summed E-state index contributed by atoms with van der Waals surface area (Å²) in [6.07, 6.45) is 2.86. The highest BCUT2D eigenvalue weighted by atomic mass is 35.5. The zero-order valence-corrected chi connectivity index (χ0v) is 28.9. The molecule has 6 nitrogen and oxygen atoms in total. The van der Waals surface area contributed by atoms with Gasteiger partial charge in [0.25, 0.3) is 0 Å². The van der Waals surface area contributed by atoms with Crippen LogP contribution < -0.4 is 10.6 Å². The Morgan fingerprint density at radius 3 is 2.43 bits per heavy atom. The van der Waals surface area contributed by atoms with Gasteiger partial charge in [0, 0.05) is 20.5 Å². The second kappa shape index (κ2) is 14.9. The van der Waals surface area contributed by atoms with Crippen molar-refractivity contribution in [1.82, 2.24) is 0 Å². The zero-order valence-electron chi connectivity index (χ0n) is 26.5. The molecule has 4 aromatic rings. The third-order valence-electron chi connectivity index (χ3n) is 8.20. The quantitative estimate of drug-likeness (QED) is 0.129. The average molecular weight is 675 g/mol. The summed E-state index contributed by atoms with van der Waals surface area (Å²) in [5, 5.41) is 6.66. The Morgan fingerprint density at radius 1 is 1.00 bits per heavy atom. The van der Waals surface area contributed by atoms with Crippen molar-refractivity contribution in [3.05, 3.63) is 111 Å². The van der Waals surface area contributed by atoms with E-state index in [9.17, 15) is 14.4 Å².